The van der Waals surface area contributed by atoms with Crippen molar-refractivity contribution in [3.05, 3.63) is 23.4 Å². The maximum Gasteiger partial charge on any atom is 0.130 e. The minimum absolute atomic E-state index is 0.328. The first-order valence-corrected chi connectivity index (χ1v) is 5.59. The van der Waals surface area contributed by atoms with Gasteiger partial charge >= 0.3 is 0 Å². The standard InChI is InChI=1S/C10H14ClNS/c1-10(2,3)7-13-9-6-4-5-8(11)12-9/h4-6H,7H2,1-3H3. The second kappa shape index (κ2) is 4.34. The minimum atomic E-state index is 0.328. The predicted molar refractivity (Wildman–Crippen MR) is 59.4 cm³/mol. The summed E-state index contributed by atoms with van der Waals surface area (Å²) in [6, 6.07) is 5.71. The highest BCUT2D eigenvalue weighted by Crippen LogP contribution is 2.26. The lowest BCUT2D eigenvalue weighted by Crippen LogP contribution is -2.08. The summed E-state index contributed by atoms with van der Waals surface area (Å²) in [5, 5.41) is 1.57. The van der Waals surface area contributed by atoms with Crippen molar-refractivity contribution in [2.45, 2.75) is 25.8 Å². The minimum Gasteiger partial charge on any atom is -0.230 e. The Bertz CT molecular complexity index is 280. The van der Waals surface area contributed by atoms with E-state index in [2.05, 4.69) is 25.8 Å². The zero-order valence-electron chi connectivity index (χ0n) is 8.17. The number of hydrogen-bond acceptors (Lipinski definition) is 2. The van der Waals surface area contributed by atoms with Crippen molar-refractivity contribution in [2.24, 2.45) is 5.41 Å². The molecular formula is C10H14ClNS. The number of halogens is 1. The Balaban J connectivity index is 2.55. The number of nitrogens with zero attached hydrogens (tertiary/aromatic N) is 1. The summed E-state index contributed by atoms with van der Waals surface area (Å²) in [7, 11) is 0. The Morgan fingerprint density at radius 1 is 1.38 bits per heavy atom. The van der Waals surface area contributed by atoms with Crippen LogP contribution in [0.3, 0.4) is 0 Å². The second-order valence-corrected chi connectivity index (χ2v) is 5.53. The number of aromatic nitrogens is 1. The third kappa shape index (κ3) is 4.53. The van der Waals surface area contributed by atoms with Gasteiger partial charge in [0, 0.05) is 5.75 Å². The van der Waals surface area contributed by atoms with Gasteiger partial charge < -0.3 is 0 Å². The van der Waals surface area contributed by atoms with Gasteiger partial charge in [-0.3, -0.25) is 0 Å². The van der Waals surface area contributed by atoms with E-state index in [9.17, 15) is 0 Å². The lowest BCUT2D eigenvalue weighted by Gasteiger charge is -2.16. The van der Waals surface area contributed by atoms with Crippen LogP contribution in [0, 0.1) is 5.41 Å². The molecule has 0 aromatic carbocycles. The van der Waals surface area contributed by atoms with Crippen molar-refractivity contribution in [3.63, 3.8) is 0 Å². The Hall–Kier alpha value is -0.210. The van der Waals surface area contributed by atoms with Gasteiger partial charge in [0.05, 0.1) is 5.03 Å². The van der Waals surface area contributed by atoms with E-state index in [1.54, 1.807) is 17.8 Å². The third-order valence-corrected chi connectivity index (χ3v) is 3.09. The zero-order valence-corrected chi connectivity index (χ0v) is 9.75. The molecule has 0 spiro atoms. The van der Waals surface area contributed by atoms with E-state index in [-0.39, 0.29) is 0 Å². The lowest BCUT2D eigenvalue weighted by atomic mass is 10.0. The number of hydrogen-bond donors (Lipinski definition) is 0. The molecule has 1 heterocycles. The molecule has 1 aromatic rings. The molecule has 0 aliphatic heterocycles. The summed E-state index contributed by atoms with van der Waals surface area (Å²) < 4.78 is 0. The average molecular weight is 216 g/mol. The summed E-state index contributed by atoms with van der Waals surface area (Å²) in [5.74, 6) is 1.06. The molecule has 0 bridgehead atoms. The van der Waals surface area contributed by atoms with Crippen molar-refractivity contribution in [1.82, 2.24) is 4.98 Å². The molecule has 0 amide bonds. The van der Waals surface area contributed by atoms with Crippen LogP contribution in [-0.4, -0.2) is 10.7 Å². The van der Waals surface area contributed by atoms with Crippen LogP contribution in [-0.2, 0) is 0 Å². The summed E-state index contributed by atoms with van der Waals surface area (Å²) in [5.41, 5.74) is 0.328. The van der Waals surface area contributed by atoms with Crippen LogP contribution >= 0.6 is 23.4 Å². The van der Waals surface area contributed by atoms with Gasteiger partial charge in [-0.05, 0) is 17.5 Å². The molecule has 0 unspecified atom stereocenters. The van der Waals surface area contributed by atoms with Gasteiger partial charge in [-0.15, -0.1) is 11.8 Å². The highest BCUT2D eigenvalue weighted by molar-refractivity contribution is 7.99. The number of rotatable bonds is 2. The number of pyridine rings is 1. The Labute approximate surface area is 88.9 Å². The van der Waals surface area contributed by atoms with Crippen LogP contribution < -0.4 is 0 Å². The molecule has 0 fully saturated rings. The maximum atomic E-state index is 5.77. The molecule has 1 nitrogen and oxygen atoms in total. The van der Waals surface area contributed by atoms with E-state index in [0.717, 1.165) is 10.8 Å². The Morgan fingerprint density at radius 2 is 2.08 bits per heavy atom. The summed E-state index contributed by atoms with van der Waals surface area (Å²) in [6.45, 7) is 6.64. The molecule has 0 aliphatic carbocycles. The van der Waals surface area contributed by atoms with Crippen LogP contribution in [0.2, 0.25) is 5.15 Å². The van der Waals surface area contributed by atoms with Crippen molar-refractivity contribution in [3.8, 4) is 0 Å². The van der Waals surface area contributed by atoms with Gasteiger partial charge in [0.15, 0.2) is 0 Å². The molecule has 0 saturated heterocycles. The molecule has 1 aromatic heterocycles. The smallest absolute Gasteiger partial charge is 0.130 e. The van der Waals surface area contributed by atoms with Crippen molar-refractivity contribution in [1.29, 1.82) is 0 Å². The first-order valence-electron chi connectivity index (χ1n) is 4.23. The van der Waals surface area contributed by atoms with Gasteiger partial charge in [0.25, 0.3) is 0 Å². The zero-order chi connectivity index (χ0) is 9.90. The van der Waals surface area contributed by atoms with Crippen LogP contribution in [0.4, 0.5) is 0 Å². The quantitative estimate of drug-likeness (QED) is 0.549. The molecule has 0 radical (unpaired) electrons. The predicted octanol–water partition coefficient (Wildman–Crippen LogP) is 3.87. The molecule has 0 aliphatic rings. The van der Waals surface area contributed by atoms with Crippen LogP contribution in [0.1, 0.15) is 20.8 Å². The Kier molecular flexibility index (Phi) is 3.63. The number of thioether (sulfide) groups is 1. The van der Waals surface area contributed by atoms with Crippen LogP contribution in [0.15, 0.2) is 23.2 Å². The van der Waals surface area contributed by atoms with Crippen LogP contribution in [0.5, 0.6) is 0 Å². The SMILES string of the molecule is CC(C)(C)CSc1cccc(Cl)n1. The lowest BCUT2D eigenvalue weighted by molar-refractivity contribution is 0.480. The molecule has 72 valence electrons. The molecule has 0 N–H and O–H groups in total. The molecule has 1 rings (SSSR count). The van der Waals surface area contributed by atoms with Gasteiger partial charge in [0.2, 0.25) is 0 Å². The molecular weight excluding hydrogens is 202 g/mol. The topological polar surface area (TPSA) is 12.9 Å². The molecule has 13 heavy (non-hydrogen) atoms. The van der Waals surface area contributed by atoms with Crippen molar-refractivity contribution >= 4 is 23.4 Å². The molecule has 0 atom stereocenters. The fourth-order valence-corrected chi connectivity index (χ4v) is 1.89. The highest BCUT2D eigenvalue weighted by Gasteiger charge is 2.10. The van der Waals surface area contributed by atoms with Gasteiger partial charge in [-0.1, -0.05) is 38.4 Å². The summed E-state index contributed by atoms with van der Waals surface area (Å²) >= 11 is 7.52. The second-order valence-electron chi connectivity index (χ2n) is 4.15. The summed E-state index contributed by atoms with van der Waals surface area (Å²) in [4.78, 5) is 4.20. The Morgan fingerprint density at radius 3 is 2.62 bits per heavy atom. The van der Waals surface area contributed by atoms with E-state index >= 15 is 0 Å². The van der Waals surface area contributed by atoms with E-state index < -0.39 is 0 Å². The van der Waals surface area contributed by atoms with Crippen molar-refractivity contribution < 1.29 is 0 Å². The molecule has 3 heteroatoms. The van der Waals surface area contributed by atoms with Crippen LogP contribution in [0.25, 0.3) is 0 Å². The maximum absolute atomic E-state index is 5.77. The first-order chi connectivity index (χ1) is 5.97. The van der Waals surface area contributed by atoms with E-state index in [4.69, 9.17) is 11.6 Å². The average Bonchev–Trinajstić information content (AvgIpc) is 2.00. The van der Waals surface area contributed by atoms with E-state index in [1.165, 1.54) is 0 Å². The normalized spacial score (nSPS) is 11.7. The van der Waals surface area contributed by atoms with Crippen molar-refractivity contribution in [2.75, 3.05) is 5.75 Å². The van der Waals surface area contributed by atoms with E-state index in [0.29, 0.717) is 10.6 Å². The van der Waals surface area contributed by atoms with E-state index in [1.807, 2.05) is 12.1 Å². The van der Waals surface area contributed by atoms with Gasteiger partial charge in [-0.25, -0.2) is 4.98 Å². The monoisotopic (exact) mass is 215 g/mol. The first kappa shape index (κ1) is 10.9. The largest absolute Gasteiger partial charge is 0.230 e. The molecule has 0 saturated carbocycles. The third-order valence-electron chi connectivity index (χ3n) is 1.34. The fourth-order valence-electron chi connectivity index (χ4n) is 0.760. The highest BCUT2D eigenvalue weighted by atomic mass is 35.5. The fraction of sp³-hybridized carbons (Fsp3) is 0.500. The summed E-state index contributed by atoms with van der Waals surface area (Å²) in [6.07, 6.45) is 0. The van der Waals surface area contributed by atoms with Gasteiger partial charge in [-0.2, -0.15) is 0 Å². The van der Waals surface area contributed by atoms with Gasteiger partial charge in [0.1, 0.15) is 5.15 Å².